The Bertz CT molecular complexity index is 1960. The number of rotatable bonds is 18. The van der Waals surface area contributed by atoms with E-state index in [1.807, 2.05) is 74.5 Å². The summed E-state index contributed by atoms with van der Waals surface area (Å²) in [6.45, 7) is 18.0. The number of alkyl carbamates (subject to hydrolysis) is 2. The Balaban J connectivity index is 1.47. The molecule has 0 aromatic heterocycles. The molecule has 0 aliphatic carbocycles. The highest BCUT2D eigenvalue weighted by molar-refractivity contribution is 8.14. The van der Waals surface area contributed by atoms with Crippen molar-refractivity contribution in [2.45, 2.75) is 136 Å². The third kappa shape index (κ3) is 17.0. The topological polar surface area (TPSA) is 197 Å². The zero-order valence-electron chi connectivity index (χ0n) is 38.9. The monoisotopic (exact) mass is 903 g/mol. The summed E-state index contributed by atoms with van der Waals surface area (Å²) in [5.74, 6) is -2.83. The van der Waals surface area contributed by atoms with Crippen LogP contribution in [0.3, 0.4) is 0 Å². The van der Waals surface area contributed by atoms with Crippen LogP contribution in [0.5, 0.6) is 0 Å². The fourth-order valence-corrected chi connectivity index (χ4v) is 8.37. The lowest BCUT2D eigenvalue weighted by Gasteiger charge is -2.38. The van der Waals surface area contributed by atoms with Gasteiger partial charge in [-0.25, -0.2) is 9.59 Å². The second kappa shape index (κ2) is 24.6. The van der Waals surface area contributed by atoms with Crippen molar-refractivity contribution in [1.82, 2.24) is 31.5 Å². The third-order valence-corrected chi connectivity index (χ3v) is 12.0. The summed E-state index contributed by atoms with van der Waals surface area (Å²) < 4.78 is 10.9. The van der Waals surface area contributed by atoms with Crippen LogP contribution >= 0.6 is 11.8 Å². The Morgan fingerprint density at radius 1 is 0.875 bits per heavy atom. The first-order chi connectivity index (χ1) is 30.3. The number of carbonyl (C=O) groups excluding carboxylic acids is 6. The van der Waals surface area contributed by atoms with Gasteiger partial charge in [-0.15, -0.1) is 0 Å². The summed E-state index contributed by atoms with van der Waals surface area (Å²) in [5.41, 5.74) is 1.84. The van der Waals surface area contributed by atoms with Crippen molar-refractivity contribution in [3.05, 3.63) is 83.4 Å². The number of aliphatic imine (C=N–C) groups is 1. The highest BCUT2D eigenvalue weighted by atomic mass is 32.2. The third-order valence-electron chi connectivity index (χ3n) is 10.8. The van der Waals surface area contributed by atoms with Gasteiger partial charge < -0.3 is 36.1 Å². The maximum Gasteiger partial charge on any atom is 0.408 e. The van der Waals surface area contributed by atoms with Gasteiger partial charge >= 0.3 is 12.2 Å². The highest BCUT2D eigenvalue weighted by Gasteiger charge is 2.39. The molecule has 350 valence electrons. The van der Waals surface area contributed by atoms with Gasteiger partial charge in [-0.1, -0.05) is 119 Å². The zero-order valence-corrected chi connectivity index (χ0v) is 39.7. The molecule has 6 amide bonds. The zero-order chi connectivity index (χ0) is 47.0. The van der Waals surface area contributed by atoms with Crippen LogP contribution in [-0.2, 0) is 41.7 Å². The molecule has 64 heavy (non-hydrogen) atoms. The molecule has 0 bridgehead atoms. The second-order valence-corrected chi connectivity index (χ2v) is 19.6. The predicted molar refractivity (Wildman–Crippen MR) is 250 cm³/mol. The molecule has 2 aromatic rings. The van der Waals surface area contributed by atoms with E-state index >= 15 is 0 Å². The number of thioether (sulfide) groups is 1. The Kier molecular flexibility index (Phi) is 19.7. The number of nitrogens with zero attached hydrogens (tertiary/aromatic N) is 2. The largest absolute Gasteiger partial charge is 0.445 e. The minimum Gasteiger partial charge on any atom is -0.445 e. The molecule has 0 spiro atoms. The number of piperidine rings is 1. The normalized spacial score (nSPS) is 19.9. The fraction of sp³-hybridized carbons (Fsp3) is 0.562. The van der Waals surface area contributed by atoms with Crippen molar-refractivity contribution >= 4 is 52.7 Å². The number of hydrogen-bond acceptors (Lipinski definition) is 10. The number of nitrogens with one attached hydrogen (secondary N) is 5. The lowest BCUT2D eigenvalue weighted by atomic mass is 9.95. The maximum absolute atomic E-state index is 14.1. The summed E-state index contributed by atoms with van der Waals surface area (Å²) in [4.78, 5) is 87.5. The minimum atomic E-state index is -1.11. The van der Waals surface area contributed by atoms with Crippen LogP contribution in [0.25, 0.3) is 0 Å². The Hall–Kier alpha value is -5.38. The van der Waals surface area contributed by atoms with E-state index in [2.05, 4.69) is 38.5 Å². The van der Waals surface area contributed by atoms with E-state index in [4.69, 9.17) is 9.47 Å². The average Bonchev–Trinajstić information content (AvgIpc) is 3.23. The lowest BCUT2D eigenvalue weighted by molar-refractivity contribution is -0.138. The van der Waals surface area contributed by atoms with Crippen LogP contribution in [-0.4, -0.2) is 101 Å². The smallest absolute Gasteiger partial charge is 0.408 e. The SMILES string of the molecule is C/C(=C\[C@@H](C)C(=O)N[C@H](C(=O)N[C@@H](CCCNC(=O)OCc1ccccc1)C(=O)N[C@H]1CC(C)CN(C2=NCCC(C)S2)C1=O)C(C)C)[C@@H](Cc1ccccc1)NC(=O)OC(C)(C)C. The number of amidine groups is 1. The van der Waals surface area contributed by atoms with E-state index in [0.29, 0.717) is 36.3 Å². The van der Waals surface area contributed by atoms with Crippen LogP contribution in [0, 0.1) is 17.8 Å². The number of amides is 6. The molecule has 0 radical (unpaired) electrons. The van der Waals surface area contributed by atoms with E-state index in [1.54, 1.807) is 64.3 Å². The molecule has 4 rings (SSSR count). The molecule has 2 heterocycles. The second-order valence-electron chi connectivity index (χ2n) is 18.2. The molecule has 2 unspecified atom stereocenters. The van der Waals surface area contributed by atoms with Crippen LogP contribution in [0.4, 0.5) is 9.59 Å². The molecule has 0 saturated carbocycles. The van der Waals surface area contributed by atoms with Gasteiger partial charge in [-0.05, 0) is 82.8 Å². The molecule has 16 heteroatoms. The number of carbonyl (C=O) groups is 6. The Morgan fingerprint density at radius 3 is 2.16 bits per heavy atom. The van der Waals surface area contributed by atoms with Crippen molar-refractivity contribution in [3.63, 3.8) is 0 Å². The highest BCUT2D eigenvalue weighted by Crippen LogP contribution is 2.28. The summed E-state index contributed by atoms with van der Waals surface area (Å²) in [6, 6.07) is 15.5. The van der Waals surface area contributed by atoms with E-state index in [9.17, 15) is 28.8 Å². The van der Waals surface area contributed by atoms with Gasteiger partial charge in [-0.3, -0.25) is 29.1 Å². The molecule has 1 saturated heterocycles. The molecule has 2 aromatic carbocycles. The van der Waals surface area contributed by atoms with E-state index in [0.717, 1.165) is 23.1 Å². The Labute approximate surface area is 383 Å². The van der Waals surface area contributed by atoms with Crippen LogP contribution in [0.1, 0.15) is 99.1 Å². The summed E-state index contributed by atoms with van der Waals surface area (Å²) >= 11 is 1.55. The first-order valence-corrected chi connectivity index (χ1v) is 23.3. The lowest BCUT2D eigenvalue weighted by Crippen LogP contribution is -2.60. The standard InChI is InChI=1S/C48H69N7O8S/c1-30(2)40(54-41(56)33(5)26-32(4)38(27-35-17-12-10-13-18-35)53-47(61)63-48(7,8)9)43(58)51-37(21-16-23-50-46(60)62-29-36-19-14-11-15-20-36)42(57)52-39-25-31(3)28-55(44(39)59)45-49-24-22-34(6)64-45/h10-15,17-20,26,30-31,33-34,37-40H,16,21-25,27-29H2,1-9H3,(H,50,60)(H,51,58)(H,52,57)(H,53,61)(H,54,56)/b32-26+/t31?,33-,34?,37+,38-,39+,40+/m1/s1. The van der Waals surface area contributed by atoms with Crippen molar-refractivity contribution in [1.29, 1.82) is 0 Å². The molecular formula is C48H69N7O8S. The van der Waals surface area contributed by atoms with Gasteiger partial charge in [0.05, 0.1) is 12.0 Å². The van der Waals surface area contributed by atoms with Crippen molar-refractivity contribution in [3.8, 4) is 0 Å². The molecule has 2 aliphatic rings. The summed E-state index contributed by atoms with van der Waals surface area (Å²) in [5, 5.41) is 15.3. The van der Waals surface area contributed by atoms with Gasteiger partial charge in [0, 0.05) is 24.9 Å². The average molecular weight is 904 g/mol. The first kappa shape index (κ1) is 51.3. The number of hydrogen-bond donors (Lipinski definition) is 5. The van der Waals surface area contributed by atoms with E-state index < -0.39 is 65.6 Å². The van der Waals surface area contributed by atoms with E-state index in [-0.39, 0.29) is 43.7 Å². The number of ether oxygens (including phenoxy) is 2. The van der Waals surface area contributed by atoms with Gasteiger partial charge in [0.25, 0.3) is 5.91 Å². The number of benzene rings is 2. The minimum absolute atomic E-state index is 0.0737. The Morgan fingerprint density at radius 2 is 1.53 bits per heavy atom. The number of likely N-dealkylation sites (tertiary alicyclic amines) is 1. The first-order valence-electron chi connectivity index (χ1n) is 22.4. The van der Waals surface area contributed by atoms with E-state index in [1.165, 1.54) is 0 Å². The molecule has 15 nitrogen and oxygen atoms in total. The van der Waals surface area contributed by atoms with Gasteiger partial charge in [0.1, 0.15) is 30.3 Å². The molecule has 1 fully saturated rings. The van der Waals surface area contributed by atoms with Crippen LogP contribution in [0.15, 0.2) is 77.3 Å². The molecule has 7 atom stereocenters. The quantitative estimate of drug-likeness (QED) is 0.0846. The molecular weight excluding hydrogens is 835 g/mol. The van der Waals surface area contributed by atoms with Crippen molar-refractivity contribution in [2.24, 2.45) is 22.7 Å². The fourth-order valence-electron chi connectivity index (χ4n) is 7.33. The summed E-state index contributed by atoms with van der Waals surface area (Å²) in [7, 11) is 0. The van der Waals surface area contributed by atoms with Gasteiger partial charge in [0.15, 0.2) is 5.17 Å². The maximum atomic E-state index is 14.1. The van der Waals surface area contributed by atoms with Gasteiger partial charge in [0.2, 0.25) is 17.7 Å². The predicted octanol–water partition coefficient (Wildman–Crippen LogP) is 6.27. The van der Waals surface area contributed by atoms with Gasteiger partial charge in [-0.2, -0.15) is 0 Å². The molecule has 2 aliphatic heterocycles. The van der Waals surface area contributed by atoms with Crippen LogP contribution < -0.4 is 26.6 Å². The summed E-state index contributed by atoms with van der Waals surface area (Å²) in [6.07, 6.45) is 2.74. The van der Waals surface area contributed by atoms with Crippen LogP contribution in [0.2, 0.25) is 0 Å². The molecule has 5 N–H and O–H groups in total. The van der Waals surface area contributed by atoms with Crippen molar-refractivity contribution < 1.29 is 38.2 Å². The van der Waals surface area contributed by atoms with Crippen molar-refractivity contribution in [2.75, 3.05) is 19.6 Å².